The van der Waals surface area contributed by atoms with Crippen LogP contribution in [0.3, 0.4) is 0 Å². The zero-order chi connectivity index (χ0) is 21.8. The van der Waals surface area contributed by atoms with E-state index < -0.39 is 0 Å². The first-order valence-corrected chi connectivity index (χ1v) is 10.9. The summed E-state index contributed by atoms with van der Waals surface area (Å²) in [4.78, 5) is 0. The van der Waals surface area contributed by atoms with E-state index >= 15 is 0 Å². The molecule has 0 N–H and O–H groups in total. The van der Waals surface area contributed by atoms with Crippen LogP contribution in [0.1, 0.15) is 6.92 Å². The fourth-order valence-electron chi connectivity index (χ4n) is 4.03. The Morgan fingerprint density at radius 1 is 0.562 bits per heavy atom. The van der Waals surface area contributed by atoms with Crippen molar-refractivity contribution in [3.63, 3.8) is 0 Å². The van der Waals surface area contributed by atoms with E-state index in [1.165, 1.54) is 0 Å². The van der Waals surface area contributed by atoms with Crippen molar-refractivity contribution in [1.29, 1.82) is 0 Å². The highest BCUT2D eigenvalue weighted by atomic mass is 16.5. The Bertz CT molecular complexity index is 1260. The Morgan fingerprint density at radius 3 is 1.91 bits per heavy atom. The van der Waals surface area contributed by atoms with Crippen molar-refractivity contribution >= 4 is 0 Å². The molecule has 0 saturated carbocycles. The summed E-state index contributed by atoms with van der Waals surface area (Å²) in [7, 11) is 0. The second-order valence-corrected chi connectivity index (χ2v) is 7.59. The van der Waals surface area contributed by atoms with Crippen molar-refractivity contribution in [2.24, 2.45) is 0 Å². The number of benzene rings is 4. The maximum absolute atomic E-state index is 6.55. The van der Waals surface area contributed by atoms with Gasteiger partial charge in [0.25, 0.3) is 0 Å². The van der Waals surface area contributed by atoms with Gasteiger partial charge in [-0.25, -0.2) is 0 Å². The van der Waals surface area contributed by atoms with Crippen LogP contribution in [0.5, 0.6) is 5.75 Å². The van der Waals surface area contributed by atoms with Gasteiger partial charge in [0.1, 0.15) is 17.3 Å². The van der Waals surface area contributed by atoms with E-state index in [4.69, 9.17) is 9.15 Å². The molecular weight excluding hydrogens is 392 g/mol. The molecule has 156 valence electrons. The Labute approximate surface area is 188 Å². The number of rotatable bonds is 6. The normalized spacial score (nSPS) is 10.8. The lowest BCUT2D eigenvalue weighted by atomic mass is 9.97. The molecule has 4 aromatic carbocycles. The third-order valence-corrected chi connectivity index (χ3v) is 5.50. The summed E-state index contributed by atoms with van der Waals surface area (Å²) in [6.45, 7) is 2.64. The lowest BCUT2D eigenvalue weighted by Gasteiger charge is -2.10. The molecule has 1 heterocycles. The molecule has 1 aromatic heterocycles. The first-order valence-electron chi connectivity index (χ1n) is 10.9. The summed E-state index contributed by atoms with van der Waals surface area (Å²) < 4.78 is 12.3. The third-order valence-electron chi connectivity index (χ3n) is 5.50. The first-order chi connectivity index (χ1) is 15.8. The minimum absolute atomic E-state index is 0.643. The minimum Gasteiger partial charge on any atom is -0.494 e. The zero-order valence-corrected chi connectivity index (χ0v) is 18.0. The molecule has 0 fully saturated rings. The van der Waals surface area contributed by atoms with Gasteiger partial charge in [-0.05, 0) is 41.8 Å². The van der Waals surface area contributed by atoms with Crippen LogP contribution in [0, 0.1) is 0 Å². The fraction of sp³-hybridized carbons (Fsp3) is 0.0667. The average Bonchev–Trinajstić information content (AvgIpc) is 3.31. The van der Waals surface area contributed by atoms with Crippen LogP contribution in [0.25, 0.3) is 44.9 Å². The van der Waals surface area contributed by atoms with Crippen molar-refractivity contribution in [2.45, 2.75) is 6.92 Å². The lowest BCUT2D eigenvalue weighted by Crippen LogP contribution is -1.91. The molecule has 0 saturated heterocycles. The summed E-state index contributed by atoms with van der Waals surface area (Å²) in [5, 5.41) is 0. The van der Waals surface area contributed by atoms with Crippen LogP contribution in [-0.2, 0) is 0 Å². The first kappa shape index (κ1) is 19.9. The number of hydrogen-bond acceptors (Lipinski definition) is 2. The second kappa shape index (κ2) is 8.99. The summed E-state index contributed by atoms with van der Waals surface area (Å²) >= 11 is 0. The maximum atomic E-state index is 6.55. The van der Waals surface area contributed by atoms with Gasteiger partial charge in [-0.2, -0.15) is 0 Å². The van der Waals surface area contributed by atoms with Crippen molar-refractivity contribution in [3.05, 3.63) is 115 Å². The predicted octanol–water partition coefficient (Wildman–Crippen LogP) is 8.35. The molecule has 0 atom stereocenters. The monoisotopic (exact) mass is 416 g/mol. The molecule has 5 rings (SSSR count). The lowest BCUT2D eigenvalue weighted by molar-refractivity contribution is 0.340. The van der Waals surface area contributed by atoms with Gasteiger partial charge < -0.3 is 9.15 Å². The molecular formula is C30H24O2. The van der Waals surface area contributed by atoms with Gasteiger partial charge in [0.2, 0.25) is 0 Å². The highest BCUT2D eigenvalue weighted by Crippen LogP contribution is 2.41. The van der Waals surface area contributed by atoms with Gasteiger partial charge in [-0.1, -0.05) is 97.1 Å². The van der Waals surface area contributed by atoms with Crippen LogP contribution in [-0.4, -0.2) is 6.61 Å². The SMILES string of the molecule is CCOc1cccc(-c2ccccc2-c2cc(-c3ccccc3)c(-c3ccccc3)o2)c1. The van der Waals surface area contributed by atoms with Crippen molar-refractivity contribution in [3.8, 4) is 50.7 Å². The molecule has 2 nitrogen and oxygen atoms in total. The molecule has 0 radical (unpaired) electrons. The van der Waals surface area contributed by atoms with Crippen LogP contribution >= 0.6 is 0 Å². The van der Waals surface area contributed by atoms with Gasteiger partial charge >= 0.3 is 0 Å². The topological polar surface area (TPSA) is 22.4 Å². The Morgan fingerprint density at radius 2 is 1.19 bits per heavy atom. The molecule has 0 bridgehead atoms. The zero-order valence-electron chi connectivity index (χ0n) is 18.0. The summed E-state index contributed by atoms with van der Waals surface area (Å²) in [6.07, 6.45) is 0. The van der Waals surface area contributed by atoms with Crippen LogP contribution in [0.15, 0.2) is 120 Å². The van der Waals surface area contributed by atoms with E-state index in [0.717, 1.165) is 50.7 Å². The highest BCUT2D eigenvalue weighted by Gasteiger charge is 2.18. The summed E-state index contributed by atoms with van der Waals surface area (Å²) in [5.41, 5.74) is 6.56. The molecule has 2 heteroatoms. The molecule has 0 aliphatic rings. The molecule has 0 aliphatic carbocycles. The highest BCUT2D eigenvalue weighted by molar-refractivity contribution is 5.88. The van der Waals surface area contributed by atoms with Crippen molar-refractivity contribution in [1.82, 2.24) is 0 Å². The van der Waals surface area contributed by atoms with Gasteiger partial charge in [-0.15, -0.1) is 0 Å². The molecule has 0 aliphatic heterocycles. The number of furan rings is 1. The minimum atomic E-state index is 0.643. The van der Waals surface area contributed by atoms with Crippen molar-refractivity contribution in [2.75, 3.05) is 6.61 Å². The quantitative estimate of drug-likeness (QED) is 0.277. The van der Waals surface area contributed by atoms with Gasteiger partial charge in [0.15, 0.2) is 0 Å². The number of hydrogen-bond donors (Lipinski definition) is 0. The van der Waals surface area contributed by atoms with E-state index in [9.17, 15) is 0 Å². The molecule has 0 spiro atoms. The fourth-order valence-corrected chi connectivity index (χ4v) is 4.03. The number of ether oxygens (including phenoxy) is 1. The van der Waals surface area contributed by atoms with Gasteiger partial charge in [0.05, 0.1) is 6.61 Å². The molecule has 5 aromatic rings. The standard InChI is InChI=1S/C30H24O2/c1-2-31-25-17-11-16-24(20-25)26-18-9-10-19-27(26)29-21-28(22-12-5-3-6-13-22)30(32-29)23-14-7-4-8-15-23/h3-21H,2H2,1H3. The van der Waals surface area contributed by atoms with Gasteiger partial charge in [-0.3, -0.25) is 0 Å². The summed E-state index contributed by atoms with van der Waals surface area (Å²) in [6, 6.07) is 39.4. The van der Waals surface area contributed by atoms with E-state index in [0.29, 0.717) is 6.61 Å². The van der Waals surface area contributed by atoms with E-state index in [2.05, 4.69) is 78.9 Å². The van der Waals surface area contributed by atoms with Crippen LogP contribution in [0.2, 0.25) is 0 Å². The molecule has 32 heavy (non-hydrogen) atoms. The summed E-state index contributed by atoms with van der Waals surface area (Å²) in [5.74, 6) is 2.60. The third kappa shape index (κ3) is 3.95. The Hall–Kier alpha value is -4.04. The smallest absolute Gasteiger partial charge is 0.142 e. The average molecular weight is 417 g/mol. The molecule has 0 amide bonds. The van der Waals surface area contributed by atoms with Crippen LogP contribution in [0.4, 0.5) is 0 Å². The van der Waals surface area contributed by atoms with E-state index in [1.807, 2.05) is 43.3 Å². The van der Waals surface area contributed by atoms with Gasteiger partial charge in [0, 0.05) is 16.7 Å². The van der Waals surface area contributed by atoms with E-state index in [-0.39, 0.29) is 0 Å². The molecule has 0 unspecified atom stereocenters. The Kier molecular flexibility index (Phi) is 5.59. The second-order valence-electron chi connectivity index (χ2n) is 7.59. The van der Waals surface area contributed by atoms with Crippen molar-refractivity contribution < 1.29 is 9.15 Å². The van der Waals surface area contributed by atoms with Crippen LogP contribution < -0.4 is 4.74 Å². The maximum Gasteiger partial charge on any atom is 0.142 e. The largest absolute Gasteiger partial charge is 0.494 e. The Balaban J connectivity index is 1.67. The van der Waals surface area contributed by atoms with E-state index in [1.54, 1.807) is 0 Å². The predicted molar refractivity (Wildman–Crippen MR) is 132 cm³/mol.